The second kappa shape index (κ2) is 5.49. The molecule has 0 bridgehead atoms. The van der Waals surface area contributed by atoms with Gasteiger partial charge in [0.05, 0.1) is 5.92 Å². The average Bonchev–Trinajstić information content (AvgIpc) is 2.96. The highest BCUT2D eigenvalue weighted by Crippen LogP contribution is 2.36. The van der Waals surface area contributed by atoms with E-state index in [9.17, 15) is 14.7 Å². The first kappa shape index (κ1) is 14.3. The van der Waals surface area contributed by atoms with Gasteiger partial charge in [-0.3, -0.25) is 4.79 Å². The van der Waals surface area contributed by atoms with Crippen molar-refractivity contribution in [1.82, 2.24) is 10.2 Å². The third kappa shape index (κ3) is 2.36. The zero-order valence-electron chi connectivity index (χ0n) is 11.8. The third-order valence-corrected chi connectivity index (χ3v) is 4.66. The molecule has 2 saturated heterocycles. The zero-order valence-corrected chi connectivity index (χ0v) is 11.8. The molecule has 2 aliphatic rings. The molecule has 0 saturated carbocycles. The Hall–Kier alpha value is -1.10. The van der Waals surface area contributed by atoms with Crippen molar-refractivity contribution in [2.45, 2.75) is 57.5 Å². The largest absolute Gasteiger partial charge is 0.479 e. The summed E-state index contributed by atoms with van der Waals surface area (Å²) in [4.78, 5) is 26.1. The number of nitrogens with zero attached hydrogens (tertiary/aromatic N) is 1. The van der Waals surface area contributed by atoms with Gasteiger partial charge in [-0.05, 0) is 39.2 Å². The van der Waals surface area contributed by atoms with E-state index in [0.717, 1.165) is 25.8 Å². The molecule has 5 heteroatoms. The fourth-order valence-electron chi connectivity index (χ4n) is 3.60. The van der Waals surface area contributed by atoms with Crippen molar-refractivity contribution in [2.24, 2.45) is 5.92 Å². The maximum atomic E-state index is 12.7. The summed E-state index contributed by atoms with van der Waals surface area (Å²) < 4.78 is 0. The first-order chi connectivity index (χ1) is 9.03. The number of amides is 1. The summed E-state index contributed by atoms with van der Waals surface area (Å²) >= 11 is 0. The van der Waals surface area contributed by atoms with Crippen molar-refractivity contribution < 1.29 is 14.7 Å². The summed E-state index contributed by atoms with van der Waals surface area (Å²) in [6.07, 6.45) is 3.55. The van der Waals surface area contributed by atoms with Gasteiger partial charge in [0, 0.05) is 12.6 Å². The van der Waals surface area contributed by atoms with Crippen molar-refractivity contribution in [3.63, 3.8) is 0 Å². The van der Waals surface area contributed by atoms with Crippen LogP contribution in [0.15, 0.2) is 0 Å². The molecule has 3 atom stereocenters. The average molecular weight is 268 g/mol. The summed E-state index contributed by atoms with van der Waals surface area (Å²) in [7, 11) is 0. The van der Waals surface area contributed by atoms with Crippen molar-refractivity contribution in [3.8, 4) is 0 Å². The highest BCUT2D eigenvalue weighted by atomic mass is 16.4. The topological polar surface area (TPSA) is 69.6 Å². The van der Waals surface area contributed by atoms with Crippen LogP contribution < -0.4 is 5.32 Å². The van der Waals surface area contributed by atoms with E-state index in [2.05, 4.69) is 5.32 Å². The van der Waals surface area contributed by atoms with Gasteiger partial charge in [-0.2, -0.15) is 0 Å². The third-order valence-electron chi connectivity index (χ3n) is 4.66. The van der Waals surface area contributed by atoms with Crippen LogP contribution in [0.1, 0.15) is 46.0 Å². The minimum absolute atomic E-state index is 0.0332. The molecule has 2 heterocycles. The summed E-state index contributed by atoms with van der Waals surface area (Å²) in [5.41, 5.74) is -0.950. The predicted molar refractivity (Wildman–Crippen MR) is 71.8 cm³/mol. The van der Waals surface area contributed by atoms with Crippen LogP contribution in [0.2, 0.25) is 0 Å². The fraction of sp³-hybridized carbons (Fsp3) is 0.857. The number of nitrogens with one attached hydrogen (secondary N) is 1. The van der Waals surface area contributed by atoms with Gasteiger partial charge < -0.3 is 15.3 Å². The van der Waals surface area contributed by atoms with Gasteiger partial charge in [-0.1, -0.05) is 13.3 Å². The first-order valence-corrected chi connectivity index (χ1v) is 7.31. The van der Waals surface area contributed by atoms with E-state index < -0.39 is 11.5 Å². The quantitative estimate of drug-likeness (QED) is 0.804. The lowest BCUT2D eigenvalue weighted by molar-refractivity contribution is -0.159. The van der Waals surface area contributed by atoms with Crippen LogP contribution >= 0.6 is 0 Å². The summed E-state index contributed by atoms with van der Waals surface area (Å²) in [6, 6.07) is 0.154. The molecule has 0 aliphatic carbocycles. The number of hydrogen-bond donors (Lipinski definition) is 2. The van der Waals surface area contributed by atoms with Gasteiger partial charge in [0.1, 0.15) is 5.54 Å². The summed E-state index contributed by atoms with van der Waals surface area (Å²) in [5.74, 6) is -0.863. The van der Waals surface area contributed by atoms with Gasteiger partial charge in [-0.15, -0.1) is 0 Å². The normalized spacial score (nSPS) is 34.7. The van der Waals surface area contributed by atoms with Gasteiger partial charge >= 0.3 is 5.97 Å². The van der Waals surface area contributed by atoms with E-state index in [1.807, 2.05) is 13.8 Å². The Bertz CT molecular complexity index is 372. The molecule has 2 fully saturated rings. The Morgan fingerprint density at radius 2 is 2.21 bits per heavy atom. The van der Waals surface area contributed by atoms with Gasteiger partial charge in [0.25, 0.3) is 0 Å². The van der Waals surface area contributed by atoms with Crippen LogP contribution in [-0.4, -0.2) is 46.6 Å². The molecule has 0 aromatic carbocycles. The Morgan fingerprint density at radius 3 is 2.74 bits per heavy atom. The molecule has 0 spiro atoms. The van der Waals surface area contributed by atoms with Crippen LogP contribution in [0.25, 0.3) is 0 Å². The van der Waals surface area contributed by atoms with Crippen LogP contribution in [0.4, 0.5) is 0 Å². The summed E-state index contributed by atoms with van der Waals surface area (Å²) in [6.45, 7) is 5.42. The molecule has 2 N–H and O–H groups in total. The minimum atomic E-state index is -0.950. The molecule has 1 amide bonds. The molecular weight excluding hydrogens is 244 g/mol. The van der Waals surface area contributed by atoms with E-state index in [-0.39, 0.29) is 17.9 Å². The van der Waals surface area contributed by atoms with Gasteiger partial charge in [0.2, 0.25) is 5.91 Å². The Labute approximate surface area is 114 Å². The van der Waals surface area contributed by atoms with E-state index in [1.54, 1.807) is 4.90 Å². The number of hydrogen-bond acceptors (Lipinski definition) is 3. The van der Waals surface area contributed by atoms with Gasteiger partial charge in [-0.25, -0.2) is 4.79 Å². The number of rotatable bonds is 4. The van der Waals surface area contributed by atoms with Crippen LogP contribution in [0, 0.1) is 5.92 Å². The fourth-order valence-corrected chi connectivity index (χ4v) is 3.60. The Morgan fingerprint density at radius 1 is 1.47 bits per heavy atom. The number of aliphatic carboxylic acids is 1. The number of carbonyl (C=O) groups is 2. The second-order valence-electron chi connectivity index (χ2n) is 5.82. The van der Waals surface area contributed by atoms with E-state index in [1.165, 1.54) is 0 Å². The lowest BCUT2D eigenvalue weighted by Gasteiger charge is -2.36. The van der Waals surface area contributed by atoms with Crippen LogP contribution in [0.5, 0.6) is 0 Å². The van der Waals surface area contributed by atoms with Crippen molar-refractivity contribution >= 4 is 11.9 Å². The highest BCUT2D eigenvalue weighted by molar-refractivity contribution is 5.89. The monoisotopic (exact) mass is 268 g/mol. The van der Waals surface area contributed by atoms with E-state index >= 15 is 0 Å². The molecule has 3 unspecified atom stereocenters. The van der Waals surface area contributed by atoms with Crippen molar-refractivity contribution in [1.29, 1.82) is 0 Å². The van der Waals surface area contributed by atoms with E-state index in [0.29, 0.717) is 19.4 Å². The van der Waals surface area contributed by atoms with Gasteiger partial charge in [0.15, 0.2) is 0 Å². The highest BCUT2D eigenvalue weighted by Gasteiger charge is 2.51. The molecule has 0 radical (unpaired) electrons. The standard InChI is InChI=1S/C14H24N2O3/c1-3-6-14(13(18)19)7-4-9-16(14)12(17)11-5-8-15-10(11)2/h10-11,15H,3-9H2,1-2H3,(H,18,19). The van der Waals surface area contributed by atoms with Crippen molar-refractivity contribution in [3.05, 3.63) is 0 Å². The van der Waals surface area contributed by atoms with E-state index in [4.69, 9.17) is 0 Å². The number of carboxylic acid groups (broad SMARTS) is 1. The molecule has 5 nitrogen and oxygen atoms in total. The lowest BCUT2D eigenvalue weighted by atomic mass is 9.89. The SMILES string of the molecule is CCCC1(C(=O)O)CCCN1C(=O)C1CCNC1C. The molecule has 0 aromatic rings. The zero-order chi connectivity index (χ0) is 14.0. The molecule has 0 aromatic heterocycles. The molecular formula is C14H24N2O3. The van der Waals surface area contributed by atoms with Crippen molar-refractivity contribution in [2.75, 3.05) is 13.1 Å². The predicted octanol–water partition coefficient (Wildman–Crippen LogP) is 1.23. The Kier molecular flexibility index (Phi) is 4.13. The molecule has 19 heavy (non-hydrogen) atoms. The maximum absolute atomic E-state index is 12.7. The Balaban J connectivity index is 2.21. The molecule has 108 valence electrons. The lowest BCUT2D eigenvalue weighted by Crippen LogP contribution is -2.55. The summed E-state index contributed by atoms with van der Waals surface area (Å²) in [5, 5.41) is 12.9. The number of carbonyl (C=O) groups excluding carboxylic acids is 1. The number of likely N-dealkylation sites (tertiary alicyclic amines) is 1. The van der Waals surface area contributed by atoms with Crippen LogP contribution in [-0.2, 0) is 9.59 Å². The molecule has 2 aliphatic heterocycles. The maximum Gasteiger partial charge on any atom is 0.329 e. The molecule has 2 rings (SSSR count). The first-order valence-electron chi connectivity index (χ1n) is 7.31. The second-order valence-corrected chi connectivity index (χ2v) is 5.82. The van der Waals surface area contributed by atoms with Crippen LogP contribution in [0.3, 0.4) is 0 Å². The smallest absolute Gasteiger partial charge is 0.329 e. The number of carboxylic acids is 1. The minimum Gasteiger partial charge on any atom is -0.479 e.